The molecule has 0 aliphatic heterocycles. The Morgan fingerprint density at radius 3 is 2.48 bits per heavy atom. The summed E-state index contributed by atoms with van der Waals surface area (Å²) < 4.78 is 41.3. The molecular weight excluding hydrogens is 287 g/mol. The summed E-state index contributed by atoms with van der Waals surface area (Å²) in [6, 6.07) is 6.76. The lowest BCUT2D eigenvalue weighted by molar-refractivity contribution is -0.159. The Labute approximate surface area is 118 Å². The molecule has 1 heterocycles. The highest BCUT2D eigenvalue weighted by Crippen LogP contribution is 2.29. The van der Waals surface area contributed by atoms with Crippen LogP contribution in [0, 0.1) is 0 Å². The van der Waals surface area contributed by atoms with Crippen LogP contribution in [-0.4, -0.2) is 23.5 Å². The fraction of sp³-hybridized carbons (Fsp3) is 0.308. The molecule has 21 heavy (non-hydrogen) atoms. The smallest absolute Gasteiger partial charge is 0.399 e. The zero-order valence-corrected chi connectivity index (χ0v) is 11.3. The molecule has 1 aromatic heterocycles. The first kappa shape index (κ1) is 15.0. The lowest BCUT2D eigenvalue weighted by Gasteiger charge is -2.05. The van der Waals surface area contributed by atoms with E-state index < -0.39 is 12.1 Å². The maximum absolute atomic E-state index is 12.4. The van der Waals surface area contributed by atoms with Gasteiger partial charge in [0.1, 0.15) is 7.11 Å². The van der Waals surface area contributed by atoms with Crippen LogP contribution < -0.4 is 0 Å². The maximum Gasteiger partial charge on any atom is 0.471 e. The third-order valence-electron chi connectivity index (χ3n) is 2.75. The van der Waals surface area contributed by atoms with Gasteiger partial charge >= 0.3 is 12.1 Å². The molecule has 0 fully saturated rings. The Bertz CT molecular complexity index is 620. The second-order valence-corrected chi connectivity index (χ2v) is 4.27. The fourth-order valence-corrected chi connectivity index (χ4v) is 1.63. The maximum atomic E-state index is 12.4. The van der Waals surface area contributed by atoms with Gasteiger partial charge in [0, 0.05) is 11.5 Å². The molecule has 1 aromatic carbocycles. The molecule has 8 heteroatoms. The molecule has 0 aliphatic rings. The van der Waals surface area contributed by atoms with E-state index in [1.54, 1.807) is 30.5 Å². The van der Waals surface area contributed by atoms with Gasteiger partial charge in [-0.1, -0.05) is 41.5 Å². The van der Waals surface area contributed by atoms with Crippen LogP contribution in [0.25, 0.3) is 11.4 Å². The summed E-state index contributed by atoms with van der Waals surface area (Å²) in [5.41, 5.74) is 1.37. The van der Waals surface area contributed by atoms with Crippen LogP contribution in [0.3, 0.4) is 0 Å². The Morgan fingerprint density at radius 1 is 1.29 bits per heavy atom. The summed E-state index contributed by atoms with van der Waals surface area (Å²) in [7, 11) is 1.45. The number of hydrogen-bond donors (Lipinski definition) is 0. The first-order chi connectivity index (χ1) is 9.91. The van der Waals surface area contributed by atoms with Crippen molar-refractivity contribution in [2.45, 2.75) is 19.0 Å². The SMILES string of the molecule is CO/N=C/C(C)c1ccc(-c2noc(C(F)(F)F)n2)cc1. The molecule has 112 valence electrons. The van der Waals surface area contributed by atoms with Crippen molar-refractivity contribution in [2.75, 3.05) is 7.11 Å². The Morgan fingerprint density at radius 2 is 1.95 bits per heavy atom. The number of nitrogens with zero attached hydrogens (tertiary/aromatic N) is 3. The summed E-state index contributed by atoms with van der Waals surface area (Å²) >= 11 is 0. The lowest BCUT2D eigenvalue weighted by Crippen LogP contribution is -2.04. The van der Waals surface area contributed by atoms with Gasteiger partial charge in [0.15, 0.2) is 0 Å². The van der Waals surface area contributed by atoms with Crippen molar-refractivity contribution in [3.8, 4) is 11.4 Å². The molecule has 1 unspecified atom stereocenters. The van der Waals surface area contributed by atoms with Gasteiger partial charge in [0.25, 0.3) is 0 Å². The lowest BCUT2D eigenvalue weighted by atomic mass is 10.0. The van der Waals surface area contributed by atoms with Crippen LogP contribution >= 0.6 is 0 Å². The Hall–Kier alpha value is -2.38. The Balaban J connectivity index is 2.19. The number of oxime groups is 1. The molecule has 0 N–H and O–H groups in total. The van der Waals surface area contributed by atoms with Gasteiger partial charge in [-0.15, -0.1) is 0 Å². The molecule has 0 saturated carbocycles. The van der Waals surface area contributed by atoms with Crippen molar-refractivity contribution in [1.82, 2.24) is 10.1 Å². The van der Waals surface area contributed by atoms with Crippen LogP contribution in [0.1, 0.15) is 24.3 Å². The van der Waals surface area contributed by atoms with Crippen LogP contribution in [0.4, 0.5) is 13.2 Å². The highest BCUT2D eigenvalue weighted by atomic mass is 19.4. The average molecular weight is 299 g/mol. The minimum atomic E-state index is -4.64. The summed E-state index contributed by atoms with van der Waals surface area (Å²) in [6.07, 6.45) is -3.03. The van der Waals surface area contributed by atoms with Gasteiger partial charge in [-0.25, -0.2) is 0 Å². The van der Waals surface area contributed by atoms with Crippen LogP contribution in [0.2, 0.25) is 0 Å². The number of aromatic nitrogens is 2. The molecule has 0 spiro atoms. The molecular formula is C13H12F3N3O2. The minimum Gasteiger partial charge on any atom is -0.399 e. The first-order valence-electron chi connectivity index (χ1n) is 5.99. The van der Waals surface area contributed by atoms with Gasteiger partial charge in [0.2, 0.25) is 5.82 Å². The Kier molecular flexibility index (Phi) is 4.25. The third-order valence-corrected chi connectivity index (χ3v) is 2.75. The highest BCUT2D eigenvalue weighted by Gasteiger charge is 2.38. The van der Waals surface area contributed by atoms with Gasteiger partial charge in [0.05, 0.1) is 6.21 Å². The van der Waals surface area contributed by atoms with Crippen LogP contribution in [0.15, 0.2) is 33.9 Å². The molecule has 0 amide bonds. The third kappa shape index (κ3) is 3.59. The molecule has 1 atom stereocenters. The zero-order chi connectivity index (χ0) is 15.5. The standard InChI is InChI=1S/C13H12F3N3O2/c1-8(7-17-20-2)9-3-5-10(6-4-9)11-18-12(21-19-11)13(14,15)16/h3-8H,1-2H3/b17-7+. The van der Waals surface area contributed by atoms with Crippen molar-refractivity contribution in [3.05, 3.63) is 35.7 Å². The molecule has 2 rings (SSSR count). The molecule has 0 radical (unpaired) electrons. The number of alkyl halides is 3. The minimum absolute atomic E-state index is 0.00926. The summed E-state index contributed by atoms with van der Waals surface area (Å²) in [6.45, 7) is 1.91. The summed E-state index contributed by atoms with van der Waals surface area (Å²) in [4.78, 5) is 7.92. The molecule has 2 aromatic rings. The monoisotopic (exact) mass is 299 g/mol. The van der Waals surface area contributed by atoms with Gasteiger partial charge in [-0.2, -0.15) is 18.2 Å². The number of benzene rings is 1. The van der Waals surface area contributed by atoms with E-state index in [1.165, 1.54) is 7.11 Å². The predicted molar refractivity (Wildman–Crippen MR) is 68.7 cm³/mol. The average Bonchev–Trinajstić information content (AvgIpc) is 2.95. The second kappa shape index (κ2) is 5.94. The van der Waals surface area contributed by atoms with Crippen molar-refractivity contribution >= 4 is 6.21 Å². The van der Waals surface area contributed by atoms with E-state index in [1.807, 2.05) is 6.92 Å². The molecule has 0 bridgehead atoms. The number of rotatable bonds is 4. The van der Waals surface area contributed by atoms with Crippen molar-refractivity contribution in [2.24, 2.45) is 5.16 Å². The largest absolute Gasteiger partial charge is 0.471 e. The van der Waals surface area contributed by atoms with E-state index in [-0.39, 0.29) is 11.7 Å². The second-order valence-electron chi connectivity index (χ2n) is 4.27. The zero-order valence-electron chi connectivity index (χ0n) is 11.3. The normalized spacial score (nSPS) is 13.6. The summed E-state index contributed by atoms with van der Waals surface area (Å²) in [5, 5.41) is 6.99. The number of halogens is 3. The summed E-state index contributed by atoms with van der Waals surface area (Å²) in [5.74, 6) is -1.45. The van der Waals surface area contributed by atoms with E-state index in [0.29, 0.717) is 5.56 Å². The van der Waals surface area contributed by atoms with Crippen LogP contribution in [-0.2, 0) is 11.0 Å². The quantitative estimate of drug-likeness (QED) is 0.640. The van der Waals surface area contributed by atoms with E-state index in [0.717, 1.165) is 5.56 Å². The van der Waals surface area contributed by atoms with Crippen molar-refractivity contribution < 1.29 is 22.5 Å². The molecule has 0 saturated heterocycles. The van der Waals surface area contributed by atoms with E-state index in [4.69, 9.17) is 0 Å². The van der Waals surface area contributed by atoms with Crippen molar-refractivity contribution in [1.29, 1.82) is 0 Å². The number of hydrogen-bond acceptors (Lipinski definition) is 5. The van der Waals surface area contributed by atoms with Gasteiger partial charge < -0.3 is 9.36 Å². The van der Waals surface area contributed by atoms with Gasteiger partial charge in [-0.3, -0.25) is 0 Å². The molecule has 5 nitrogen and oxygen atoms in total. The fourth-order valence-electron chi connectivity index (χ4n) is 1.63. The predicted octanol–water partition coefficient (Wildman–Crippen LogP) is 3.49. The van der Waals surface area contributed by atoms with E-state index in [2.05, 4.69) is 24.7 Å². The van der Waals surface area contributed by atoms with E-state index >= 15 is 0 Å². The van der Waals surface area contributed by atoms with Gasteiger partial charge in [-0.05, 0) is 5.56 Å². The van der Waals surface area contributed by atoms with Crippen LogP contribution in [0.5, 0.6) is 0 Å². The highest BCUT2D eigenvalue weighted by molar-refractivity contribution is 5.67. The molecule has 0 aliphatic carbocycles. The topological polar surface area (TPSA) is 60.5 Å². The first-order valence-corrected chi connectivity index (χ1v) is 5.99. The van der Waals surface area contributed by atoms with E-state index in [9.17, 15) is 13.2 Å². The van der Waals surface area contributed by atoms with Crippen molar-refractivity contribution in [3.63, 3.8) is 0 Å².